The molecule has 0 aliphatic carbocycles. The number of nitrogens with zero attached hydrogens (tertiary/aromatic N) is 1. The summed E-state index contributed by atoms with van der Waals surface area (Å²) in [5.41, 5.74) is 1.61. The molecule has 0 aromatic heterocycles. The van der Waals surface area contributed by atoms with E-state index in [1.807, 2.05) is 4.90 Å². The topological polar surface area (TPSA) is 79.9 Å². The van der Waals surface area contributed by atoms with E-state index in [0.29, 0.717) is 35.9 Å². The van der Waals surface area contributed by atoms with Crippen LogP contribution in [0.5, 0.6) is 5.75 Å². The van der Waals surface area contributed by atoms with Crippen molar-refractivity contribution < 1.29 is 19.1 Å². The summed E-state index contributed by atoms with van der Waals surface area (Å²) < 4.78 is 11.5. The third-order valence-electron chi connectivity index (χ3n) is 4.31. The van der Waals surface area contributed by atoms with Gasteiger partial charge in [-0.2, -0.15) is 0 Å². The Morgan fingerprint density at radius 1 is 1.11 bits per heavy atom. The summed E-state index contributed by atoms with van der Waals surface area (Å²) in [6.45, 7) is 3.01. The van der Waals surface area contributed by atoms with Gasteiger partial charge >= 0.3 is 0 Å². The minimum absolute atomic E-state index is 0.142. The van der Waals surface area contributed by atoms with Gasteiger partial charge in [0.2, 0.25) is 5.91 Å². The second-order valence-corrected chi connectivity index (χ2v) is 7.23. The second kappa shape index (κ2) is 9.68. The molecule has 148 valence electrons. The fourth-order valence-electron chi connectivity index (χ4n) is 2.84. The van der Waals surface area contributed by atoms with Crippen molar-refractivity contribution in [2.75, 3.05) is 50.6 Å². The maximum atomic E-state index is 12.4. The molecule has 1 saturated heterocycles. The Morgan fingerprint density at radius 2 is 1.82 bits per heavy atom. The zero-order chi connectivity index (χ0) is 19.9. The molecule has 7 nitrogen and oxygen atoms in total. The van der Waals surface area contributed by atoms with Crippen LogP contribution in [0.15, 0.2) is 46.9 Å². The van der Waals surface area contributed by atoms with Crippen molar-refractivity contribution >= 4 is 39.1 Å². The van der Waals surface area contributed by atoms with Gasteiger partial charge in [0.25, 0.3) is 5.91 Å². The number of carbonyl (C=O) groups excluding carboxylic acids is 2. The number of nitrogens with one attached hydrogen (secondary N) is 2. The van der Waals surface area contributed by atoms with E-state index in [0.717, 1.165) is 17.6 Å². The van der Waals surface area contributed by atoms with Gasteiger partial charge in [-0.3, -0.25) is 14.5 Å². The lowest BCUT2D eigenvalue weighted by Gasteiger charge is -2.26. The van der Waals surface area contributed by atoms with Crippen LogP contribution in [0.1, 0.15) is 10.4 Å². The number of hydrogen-bond acceptors (Lipinski definition) is 5. The fraction of sp³-hybridized carbons (Fsp3) is 0.300. The van der Waals surface area contributed by atoms with Crippen molar-refractivity contribution in [1.29, 1.82) is 0 Å². The van der Waals surface area contributed by atoms with Gasteiger partial charge in [0.15, 0.2) is 0 Å². The number of carbonyl (C=O) groups is 2. The smallest absolute Gasteiger partial charge is 0.255 e. The third kappa shape index (κ3) is 5.54. The molecule has 1 aliphatic rings. The molecule has 3 rings (SSSR count). The molecule has 1 heterocycles. The highest BCUT2D eigenvalue weighted by Gasteiger charge is 2.16. The first-order chi connectivity index (χ1) is 13.5. The van der Waals surface area contributed by atoms with Crippen molar-refractivity contribution in [1.82, 2.24) is 4.90 Å². The van der Waals surface area contributed by atoms with Gasteiger partial charge in [-0.25, -0.2) is 0 Å². The predicted molar refractivity (Wildman–Crippen MR) is 111 cm³/mol. The molecule has 2 aromatic rings. The third-order valence-corrected chi connectivity index (χ3v) is 4.84. The number of ether oxygens (including phenoxy) is 2. The normalized spacial score (nSPS) is 14.4. The molecule has 28 heavy (non-hydrogen) atoms. The molecule has 0 atom stereocenters. The summed E-state index contributed by atoms with van der Waals surface area (Å²) >= 11 is 3.35. The molecule has 1 aliphatic heterocycles. The maximum absolute atomic E-state index is 12.4. The van der Waals surface area contributed by atoms with Crippen LogP contribution in [0, 0.1) is 0 Å². The summed E-state index contributed by atoms with van der Waals surface area (Å²) in [4.78, 5) is 26.8. The van der Waals surface area contributed by atoms with E-state index < -0.39 is 0 Å². The number of hydrogen-bond donors (Lipinski definition) is 2. The Hall–Kier alpha value is -2.42. The zero-order valence-corrected chi connectivity index (χ0v) is 17.1. The lowest BCUT2D eigenvalue weighted by atomic mass is 10.2. The molecule has 1 fully saturated rings. The van der Waals surface area contributed by atoms with Gasteiger partial charge in [-0.05, 0) is 42.5 Å². The monoisotopic (exact) mass is 447 g/mol. The molecule has 0 saturated carbocycles. The van der Waals surface area contributed by atoms with Crippen LogP contribution in [0.3, 0.4) is 0 Å². The van der Waals surface area contributed by atoms with Gasteiger partial charge in [-0.15, -0.1) is 0 Å². The number of methoxy groups -OCH3 is 1. The number of amides is 2. The van der Waals surface area contributed by atoms with Crippen LogP contribution in [0.2, 0.25) is 0 Å². The van der Waals surface area contributed by atoms with Gasteiger partial charge < -0.3 is 20.1 Å². The van der Waals surface area contributed by atoms with Gasteiger partial charge in [0.1, 0.15) is 5.75 Å². The Labute approximate surface area is 172 Å². The van der Waals surface area contributed by atoms with E-state index in [4.69, 9.17) is 9.47 Å². The first-order valence-electron chi connectivity index (χ1n) is 8.90. The minimum Gasteiger partial charge on any atom is -0.495 e. The summed E-state index contributed by atoms with van der Waals surface area (Å²) in [5, 5.41) is 5.70. The fourth-order valence-corrected chi connectivity index (χ4v) is 3.10. The maximum Gasteiger partial charge on any atom is 0.255 e. The predicted octanol–water partition coefficient (Wildman–Crippen LogP) is 2.98. The van der Waals surface area contributed by atoms with Crippen molar-refractivity contribution in [3.8, 4) is 5.75 Å². The van der Waals surface area contributed by atoms with Crippen LogP contribution in [0.25, 0.3) is 0 Å². The summed E-state index contributed by atoms with van der Waals surface area (Å²) in [5.74, 6) is 0.150. The van der Waals surface area contributed by atoms with Crippen LogP contribution >= 0.6 is 15.9 Å². The van der Waals surface area contributed by atoms with E-state index in [1.54, 1.807) is 42.5 Å². The molecule has 0 spiro atoms. The van der Waals surface area contributed by atoms with E-state index in [2.05, 4.69) is 26.6 Å². The van der Waals surface area contributed by atoms with Gasteiger partial charge in [0, 0.05) is 28.8 Å². The number of morpholine rings is 1. The first-order valence-corrected chi connectivity index (χ1v) is 9.69. The second-order valence-electron chi connectivity index (χ2n) is 6.31. The zero-order valence-electron chi connectivity index (χ0n) is 15.5. The Morgan fingerprint density at radius 3 is 2.50 bits per heavy atom. The summed E-state index contributed by atoms with van der Waals surface area (Å²) in [6, 6.07) is 12.2. The van der Waals surface area contributed by atoms with Crippen LogP contribution in [0.4, 0.5) is 11.4 Å². The molecule has 0 bridgehead atoms. The van der Waals surface area contributed by atoms with Crippen molar-refractivity contribution in [2.45, 2.75) is 0 Å². The number of halogens is 1. The van der Waals surface area contributed by atoms with Crippen molar-refractivity contribution in [3.63, 3.8) is 0 Å². The largest absolute Gasteiger partial charge is 0.495 e. The average molecular weight is 448 g/mol. The molecule has 0 radical (unpaired) electrons. The number of rotatable bonds is 6. The minimum atomic E-state index is -0.233. The number of anilines is 2. The first kappa shape index (κ1) is 20.3. The Kier molecular flexibility index (Phi) is 7.02. The van der Waals surface area contributed by atoms with Crippen LogP contribution in [-0.2, 0) is 9.53 Å². The Bertz CT molecular complexity index is 836. The van der Waals surface area contributed by atoms with E-state index in [1.165, 1.54) is 7.11 Å². The highest BCUT2D eigenvalue weighted by atomic mass is 79.9. The van der Waals surface area contributed by atoms with E-state index in [-0.39, 0.29) is 18.4 Å². The van der Waals surface area contributed by atoms with Gasteiger partial charge in [0.05, 0.1) is 32.6 Å². The molecule has 8 heteroatoms. The Balaban J connectivity index is 1.67. The summed E-state index contributed by atoms with van der Waals surface area (Å²) in [7, 11) is 1.53. The van der Waals surface area contributed by atoms with Crippen LogP contribution in [-0.4, -0.2) is 56.7 Å². The molecule has 0 unspecified atom stereocenters. The van der Waals surface area contributed by atoms with Crippen molar-refractivity contribution in [2.24, 2.45) is 0 Å². The van der Waals surface area contributed by atoms with E-state index >= 15 is 0 Å². The van der Waals surface area contributed by atoms with Gasteiger partial charge in [-0.1, -0.05) is 15.9 Å². The lowest BCUT2D eigenvalue weighted by Crippen LogP contribution is -2.41. The highest BCUT2D eigenvalue weighted by Crippen LogP contribution is 2.28. The quantitative estimate of drug-likeness (QED) is 0.711. The SMILES string of the molecule is COc1ccc(NC(=O)c2ccc(Br)cc2)cc1NC(=O)CN1CCOCC1. The molecular formula is C20H22BrN3O4. The molecule has 2 N–H and O–H groups in total. The van der Waals surface area contributed by atoms with Crippen LogP contribution < -0.4 is 15.4 Å². The van der Waals surface area contributed by atoms with E-state index in [9.17, 15) is 9.59 Å². The molecule has 2 aromatic carbocycles. The number of benzene rings is 2. The average Bonchev–Trinajstić information content (AvgIpc) is 2.69. The molecular weight excluding hydrogens is 426 g/mol. The standard InChI is InChI=1S/C20H22BrN3O4/c1-27-18-7-6-16(22-20(26)14-2-4-15(21)5-3-14)12-17(18)23-19(25)13-24-8-10-28-11-9-24/h2-7,12H,8-11,13H2,1H3,(H,22,26)(H,23,25). The molecule has 2 amide bonds. The lowest BCUT2D eigenvalue weighted by molar-refractivity contribution is -0.118. The highest BCUT2D eigenvalue weighted by molar-refractivity contribution is 9.10. The van der Waals surface area contributed by atoms with Crippen molar-refractivity contribution in [3.05, 3.63) is 52.5 Å². The summed E-state index contributed by atoms with van der Waals surface area (Å²) in [6.07, 6.45) is 0.